The number of pyridine rings is 1. The molecule has 0 radical (unpaired) electrons. The molecule has 0 saturated heterocycles. The lowest BCUT2D eigenvalue weighted by molar-refractivity contribution is -0.664. The molecule has 1 aromatic heterocycles. The van der Waals surface area contributed by atoms with E-state index in [4.69, 9.17) is 4.74 Å². The fourth-order valence-electron chi connectivity index (χ4n) is 9.21. The Morgan fingerprint density at radius 1 is 0.369 bits per heavy atom. The summed E-state index contributed by atoms with van der Waals surface area (Å²) >= 11 is 0. The monoisotopic (exact) mass is 1220 g/mol. The van der Waals surface area contributed by atoms with Crippen molar-refractivity contribution in [3.63, 3.8) is 0 Å². The standard InChI is InChI=1S/C32H12BF24.C24H20NO2/c34-25(35,36)13-1-14(26(37,38)39)6-21(5-13)33(22-7-15(27(40,41)42)2-16(8-22)28(43,44)45,23-9-17(29(46,47)48)3-18(10-23)30(49,50)51)24-11-19(31(52,53)54)4-20(12-24)32(55,56)57;1-18-11-14-21(15-12-18)27-24(26)23-16-13-20-9-5-6-10-22(20)25(23)17-19-7-3-2-4-8-19/h1-12H;2-16H,17H2,1H3/q-1;+1. The number of hydrogen-bond acceptors (Lipinski definition) is 2. The van der Waals surface area contributed by atoms with Crippen molar-refractivity contribution in [1.29, 1.82) is 0 Å². The van der Waals surface area contributed by atoms with E-state index in [0.29, 0.717) is 18.0 Å². The molecular weight excluding hydrogens is 1190 g/mol. The van der Waals surface area contributed by atoms with E-state index in [2.05, 4.69) is 12.1 Å². The van der Waals surface area contributed by atoms with Gasteiger partial charge in [0.1, 0.15) is 11.9 Å². The van der Waals surface area contributed by atoms with Gasteiger partial charge in [-0.1, -0.05) is 109 Å². The first kappa shape index (κ1) is 63.4. The fraction of sp³-hybridized carbons (Fsp3) is 0.179. The van der Waals surface area contributed by atoms with Gasteiger partial charge in [0.25, 0.3) is 5.69 Å². The highest BCUT2D eigenvalue weighted by atomic mass is 19.4. The number of fused-ring (bicyclic) bond motifs is 1. The summed E-state index contributed by atoms with van der Waals surface area (Å²) in [6, 6.07) is 20.7. The van der Waals surface area contributed by atoms with Crippen molar-refractivity contribution in [1.82, 2.24) is 0 Å². The number of esters is 1. The second kappa shape index (κ2) is 22.4. The Bertz CT molecular complexity index is 3270. The molecule has 8 rings (SSSR count). The van der Waals surface area contributed by atoms with Gasteiger partial charge in [0, 0.05) is 23.1 Å². The minimum atomic E-state index is -6.13. The predicted molar refractivity (Wildman–Crippen MR) is 256 cm³/mol. The van der Waals surface area contributed by atoms with E-state index in [0.717, 1.165) is 22.0 Å². The smallest absolute Gasteiger partial charge is 0.416 e. The number of rotatable bonds is 8. The summed E-state index contributed by atoms with van der Waals surface area (Å²) in [6.07, 6.45) is -54.8. The first-order valence-corrected chi connectivity index (χ1v) is 23.6. The maximum absolute atomic E-state index is 14.2. The van der Waals surface area contributed by atoms with Crippen LogP contribution in [0.5, 0.6) is 5.75 Å². The zero-order valence-electron chi connectivity index (χ0n) is 41.7. The van der Waals surface area contributed by atoms with Crippen LogP contribution in [-0.2, 0) is 56.0 Å². The van der Waals surface area contributed by atoms with E-state index in [9.17, 15) is 110 Å². The van der Waals surface area contributed by atoms with Gasteiger partial charge in [0.15, 0.2) is 6.54 Å². The topological polar surface area (TPSA) is 30.2 Å². The van der Waals surface area contributed by atoms with Crippen molar-refractivity contribution in [3.8, 4) is 5.75 Å². The van der Waals surface area contributed by atoms with E-state index < -0.39 is 195 Å². The lowest BCUT2D eigenvalue weighted by Gasteiger charge is -2.46. The average molecular weight is 1220 g/mol. The molecule has 7 aromatic carbocycles. The van der Waals surface area contributed by atoms with Crippen LogP contribution in [0.15, 0.2) is 164 Å². The molecule has 0 aliphatic heterocycles. The van der Waals surface area contributed by atoms with Crippen LogP contribution in [0.25, 0.3) is 10.9 Å². The Morgan fingerprint density at radius 3 is 0.976 bits per heavy atom. The number of benzene rings is 7. The number of para-hydroxylation sites is 1. The quantitative estimate of drug-likeness (QED) is 0.0499. The molecule has 0 spiro atoms. The predicted octanol–water partition coefficient (Wildman–Crippen LogP) is 15.9. The number of halogens is 24. The van der Waals surface area contributed by atoms with Crippen LogP contribution in [0, 0.1) is 6.92 Å². The first-order valence-electron chi connectivity index (χ1n) is 23.6. The molecule has 0 saturated carbocycles. The fourth-order valence-corrected chi connectivity index (χ4v) is 9.21. The lowest BCUT2D eigenvalue weighted by Crippen LogP contribution is -2.75. The van der Waals surface area contributed by atoms with Crippen molar-refractivity contribution in [2.75, 3.05) is 0 Å². The van der Waals surface area contributed by atoms with Gasteiger partial charge in [-0.2, -0.15) is 132 Å². The number of carbonyl (C=O) groups excluding carboxylic acids is 1. The summed E-state index contributed by atoms with van der Waals surface area (Å²) in [5.74, 6) is 0.186. The van der Waals surface area contributed by atoms with Gasteiger partial charge in [0.2, 0.25) is 5.52 Å². The van der Waals surface area contributed by atoms with Crippen LogP contribution in [0.1, 0.15) is 66.1 Å². The highest BCUT2D eigenvalue weighted by molar-refractivity contribution is 7.20. The van der Waals surface area contributed by atoms with Gasteiger partial charge in [-0.3, -0.25) is 0 Å². The molecule has 3 nitrogen and oxygen atoms in total. The van der Waals surface area contributed by atoms with Gasteiger partial charge < -0.3 is 4.74 Å². The molecule has 8 aromatic rings. The van der Waals surface area contributed by atoms with Crippen molar-refractivity contribution < 1.29 is 119 Å². The molecule has 0 aliphatic rings. The van der Waals surface area contributed by atoms with Gasteiger partial charge in [-0.15, -0.1) is 0 Å². The molecule has 84 heavy (non-hydrogen) atoms. The molecule has 28 heteroatoms. The summed E-state index contributed by atoms with van der Waals surface area (Å²) in [4.78, 5) is 12.9. The molecule has 0 N–H and O–H groups in total. The lowest BCUT2D eigenvalue weighted by atomic mass is 9.12. The molecule has 444 valence electrons. The van der Waals surface area contributed by atoms with Crippen molar-refractivity contribution >= 4 is 44.9 Å². The number of hydrogen-bond donors (Lipinski definition) is 0. The van der Waals surface area contributed by atoms with Crippen molar-refractivity contribution in [2.24, 2.45) is 0 Å². The zero-order chi connectivity index (χ0) is 62.6. The van der Waals surface area contributed by atoms with Gasteiger partial charge in [-0.25, -0.2) is 4.79 Å². The second-order valence-corrected chi connectivity index (χ2v) is 18.8. The second-order valence-electron chi connectivity index (χ2n) is 18.8. The number of aryl methyl sites for hydroxylation is 1. The number of carbonyl (C=O) groups is 1. The largest absolute Gasteiger partial charge is 0.419 e. The van der Waals surface area contributed by atoms with Crippen LogP contribution in [0.2, 0.25) is 0 Å². The summed E-state index contributed by atoms with van der Waals surface area (Å²) in [5, 5.41) is 1.08. The third-order valence-electron chi connectivity index (χ3n) is 13.0. The van der Waals surface area contributed by atoms with E-state index in [1.165, 1.54) is 0 Å². The van der Waals surface area contributed by atoms with E-state index in [1.54, 1.807) is 0 Å². The number of ether oxygens (including phenoxy) is 1. The normalized spacial score (nSPS) is 13.2. The third kappa shape index (κ3) is 14.2. The van der Waals surface area contributed by atoms with Gasteiger partial charge >= 0.3 is 55.4 Å². The Labute approximate surface area is 457 Å². The minimum Gasteiger partial charge on any atom is -0.419 e. The van der Waals surface area contributed by atoms with Crippen LogP contribution in [-0.4, -0.2) is 12.1 Å². The highest BCUT2D eigenvalue weighted by Gasteiger charge is 2.47. The summed E-state index contributed by atoms with van der Waals surface area (Å²) in [6.45, 7) is 2.60. The average Bonchev–Trinajstić information content (AvgIpc) is 0.745. The molecule has 0 bridgehead atoms. The molecule has 0 atom stereocenters. The van der Waals surface area contributed by atoms with E-state index in [1.807, 2.05) is 90.4 Å². The number of alkyl halides is 24. The minimum absolute atomic E-state index is 0.361. The highest BCUT2D eigenvalue weighted by Crippen LogP contribution is 2.41. The van der Waals surface area contributed by atoms with E-state index >= 15 is 0 Å². The third-order valence-corrected chi connectivity index (χ3v) is 13.0. The summed E-state index contributed by atoms with van der Waals surface area (Å²) < 4.78 is 348. The number of nitrogens with zero attached hydrogens (tertiary/aromatic N) is 1. The zero-order valence-corrected chi connectivity index (χ0v) is 41.7. The van der Waals surface area contributed by atoms with Crippen LogP contribution in [0.4, 0.5) is 105 Å². The Morgan fingerprint density at radius 2 is 0.667 bits per heavy atom. The van der Waals surface area contributed by atoms with Crippen LogP contribution < -0.4 is 31.2 Å². The first-order chi connectivity index (χ1) is 38.5. The Balaban J connectivity index is 0.000000309. The van der Waals surface area contributed by atoms with E-state index in [-0.39, 0.29) is 5.97 Å². The molecule has 0 aliphatic carbocycles. The molecule has 1 heterocycles. The SMILES string of the molecule is Cc1ccc(OC(=O)c2ccc3ccccc3[n+]2Cc2ccccc2)cc1.FC(F)(F)c1cc([B-](c2cc(C(F)(F)F)cc(C(F)(F)F)c2)(c2cc(C(F)(F)F)cc(C(F)(F)F)c2)c2cc(C(F)(F)F)cc(C(F)(F)F)c2)cc(C(F)(F)F)c1. The van der Waals surface area contributed by atoms with Gasteiger partial charge in [-0.05, 0) is 55.5 Å². The Hall–Kier alpha value is -8.20. The number of aromatic nitrogens is 1. The van der Waals surface area contributed by atoms with Gasteiger partial charge in [0.05, 0.1) is 44.5 Å². The van der Waals surface area contributed by atoms with Crippen molar-refractivity contribution in [2.45, 2.75) is 62.9 Å². The molecule has 0 unspecified atom stereocenters. The van der Waals surface area contributed by atoms with Crippen LogP contribution in [0.3, 0.4) is 0 Å². The maximum atomic E-state index is 14.2. The molecule has 0 fully saturated rings. The van der Waals surface area contributed by atoms with Crippen LogP contribution >= 0.6 is 0 Å². The summed E-state index contributed by atoms with van der Waals surface area (Å²) in [5.41, 5.74) is -26.4. The Kier molecular flexibility index (Phi) is 16.9. The summed E-state index contributed by atoms with van der Waals surface area (Å²) in [7, 11) is 0. The molecular formula is C56H32BF24NO2. The molecule has 0 amide bonds. The van der Waals surface area contributed by atoms with Crippen molar-refractivity contribution in [3.05, 3.63) is 225 Å². The maximum Gasteiger partial charge on any atom is 0.416 e.